The van der Waals surface area contributed by atoms with Gasteiger partial charge in [0.25, 0.3) is 0 Å². The van der Waals surface area contributed by atoms with Crippen molar-refractivity contribution in [1.82, 2.24) is 20.2 Å². The second-order valence-corrected chi connectivity index (χ2v) is 8.86. The number of halogens is 2. The Morgan fingerprint density at radius 1 is 1.29 bits per heavy atom. The maximum Gasteiger partial charge on any atom is 0.180 e. The number of ether oxygens (including phenoxy) is 2. The van der Waals surface area contributed by atoms with E-state index in [1.165, 1.54) is 13.2 Å². The van der Waals surface area contributed by atoms with Gasteiger partial charge in [0.15, 0.2) is 28.7 Å². The average molecular weight is 469 g/mol. The Morgan fingerprint density at radius 3 is 2.76 bits per heavy atom. The van der Waals surface area contributed by atoms with E-state index in [9.17, 15) is 8.78 Å². The molecule has 2 fully saturated rings. The van der Waals surface area contributed by atoms with Gasteiger partial charge in [-0.1, -0.05) is 12.0 Å². The van der Waals surface area contributed by atoms with Crippen molar-refractivity contribution >= 4 is 17.0 Å². The minimum Gasteiger partial charge on any atom is -0.494 e. The number of hydrogen-bond acceptors (Lipinski definition) is 7. The van der Waals surface area contributed by atoms with Crippen molar-refractivity contribution in [3.63, 3.8) is 0 Å². The first kappa shape index (κ1) is 22.5. The van der Waals surface area contributed by atoms with E-state index in [0.717, 1.165) is 12.8 Å². The summed E-state index contributed by atoms with van der Waals surface area (Å²) in [4.78, 5) is 11.1. The third-order valence-electron chi connectivity index (χ3n) is 6.98. The molecule has 1 spiro atoms. The lowest BCUT2D eigenvalue weighted by Crippen LogP contribution is -2.51. The fourth-order valence-corrected chi connectivity index (χ4v) is 4.82. The van der Waals surface area contributed by atoms with Crippen LogP contribution in [-0.4, -0.2) is 59.1 Å². The zero-order valence-electron chi connectivity index (χ0n) is 19.1. The van der Waals surface area contributed by atoms with E-state index in [-0.39, 0.29) is 40.3 Å². The molecule has 2 aromatic heterocycles. The number of nitrogens with two attached hydrogens (primary N) is 1. The van der Waals surface area contributed by atoms with Gasteiger partial charge in [-0.2, -0.15) is 5.10 Å². The van der Waals surface area contributed by atoms with Gasteiger partial charge in [0.2, 0.25) is 0 Å². The second-order valence-electron chi connectivity index (χ2n) is 8.86. The summed E-state index contributed by atoms with van der Waals surface area (Å²) in [6.45, 7) is 3.26. The highest BCUT2D eigenvalue weighted by atomic mass is 19.1. The number of H-pyrrole nitrogens is 1. The van der Waals surface area contributed by atoms with Crippen LogP contribution in [0, 0.1) is 23.1 Å². The topological polar surface area (TPSA) is 102 Å². The Balaban J connectivity index is 1.42. The third-order valence-corrected chi connectivity index (χ3v) is 6.98. The van der Waals surface area contributed by atoms with Crippen LogP contribution in [0.5, 0.6) is 5.75 Å². The first-order valence-corrected chi connectivity index (χ1v) is 11.2. The summed E-state index contributed by atoms with van der Waals surface area (Å²) in [6.07, 6.45) is 1.73. The van der Waals surface area contributed by atoms with Gasteiger partial charge in [-0.05, 0) is 37.8 Å². The van der Waals surface area contributed by atoms with E-state index in [2.05, 4.69) is 32.0 Å². The number of aromatic nitrogens is 4. The fraction of sp³-hybridized carbons (Fsp3) is 0.458. The van der Waals surface area contributed by atoms with Crippen LogP contribution < -0.4 is 15.4 Å². The van der Waals surface area contributed by atoms with E-state index in [1.54, 1.807) is 12.1 Å². The molecule has 0 aliphatic carbocycles. The molecule has 0 bridgehead atoms. The number of nitrogens with one attached hydrogen (secondary N) is 1. The molecule has 1 aromatic carbocycles. The molecule has 3 aromatic rings. The Bertz CT molecular complexity index is 1280. The van der Waals surface area contributed by atoms with Gasteiger partial charge < -0.3 is 20.1 Å². The molecular weight excluding hydrogens is 442 g/mol. The zero-order valence-corrected chi connectivity index (χ0v) is 19.1. The molecule has 0 saturated carbocycles. The van der Waals surface area contributed by atoms with Crippen molar-refractivity contribution < 1.29 is 18.3 Å². The summed E-state index contributed by atoms with van der Waals surface area (Å²) in [7, 11) is 1.39. The van der Waals surface area contributed by atoms with E-state index >= 15 is 0 Å². The van der Waals surface area contributed by atoms with Crippen LogP contribution in [0.2, 0.25) is 0 Å². The molecule has 4 heterocycles. The lowest BCUT2D eigenvalue weighted by molar-refractivity contribution is 0.0974. The second kappa shape index (κ2) is 8.81. The number of anilines is 1. The highest BCUT2D eigenvalue weighted by Gasteiger charge is 2.47. The molecule has 3 N–H and O–H groups in total. The first-order chi connectivity index (χ1) is 16.5. The number of nitrogens with zero attached hydrogens (tertiary/aromatic N) is 4. The van der Waals surface area contributed by atoms with Crippen LogP contribution in [0.3, 0.4) is 0 Å². The number of rotatable bonds is 3. The van der Waals surface area contributed by atoms with Crippen molar-refractivity contribution in [2.75, 3.05) is 31.7 Å². The lowest BCUT2D eigenvalue weighted by atomic mass is 9.73. The predicted molar refractivity (Wildman–Crippen MR) is 123 cm³/mol. The van der Waals surface area contributed by atoms with Crippen molar-refractivity contribution in [2.24, 2.45) is 11.1 Å². The van der Waals surface area contributed by atoms with Gasteiger partial charge in [-0.15, -0.1) is 0 Å². The van der Waals surface area contributed by atoms with Crippen LogP contribution in [0.15, 0.2) is 18.2 Å². The third kappa shape index (κ3) is 3.75. The number of benzene rings is 1. The van der Waals surface area contributed by atoms with Crippen molar-refractivity contribution in [1.29, 1.82) is 0 Å². The highest BCUT2D eigenvalue weighted by Crippen LogP contribution is 2.42. The number of fused-ring (bicyclic) bond motifs is 1. The minimum absolute atomic E-state index is 0.00739. The van der Waals surface area contributed by atoms with Gasteiger partial charge >= 0.3 is 0 Å². The van der Waals surface area contributed by atoms with Gasteiger partial charge in [-0.25, -0.2) is 18.7 Å². The number of hydrogen-bond donors (Lipinski definition) is 2. The minimum atomic E-state index is -0.776. The standard InChI is InChI=1S/C24H26F2N6O2/c1-14-21(27)24(13-34-14)8-10-32(11-9-24)23-17(12-25)28-20-16(30-31-22(20)29-23)7-6-15-4-3-5-18(33-2)19(15)26/h3-5,14,21H,8-13,27H2,1-2H3,(H,29,30,31)/t14-,21+/m0/s1. The Kier molecular flexibility index (Phi) is 5.83. The molecule has 0 unspecified atom stereocenters. The van der Waals surface area contributed by atoms with Crippen LogP contribution in [-0.2, 0) is 11.4 Å². The van der Waals surface area contributed by atoms with E-state index < -0.39 is 12.5 Å². The largest absolute Gasteiger partial charge is 0.494 e. The summed E-state index contributed by atoms with van der Waals surface area (Å²) >= 11 is 0. The lowest BCUT2D eigenvalue weighted by Gasteiger charge is -2.41. The summed E-state index contributed by atoms with van der Waals surface area (Å²) in [5.41, 5.74) is 7.77. The number of methoxy groups -OCH3 is 1. The molecule has 0 amide bonds. The molecule has 8 nitrogen and oxygen atoms in total. The Morgan fingerprint density at radius 2 is 2.09 bits per heavy atom. The average Bonchev–Trinajstić information content (AvgIpc) is 3.39. The monoisotopic (exact) mass is 468 g/mol. The highest BCUT2D eigenvalue weighted by molar-refractivity contribution is 5.78. The van der Waals surface area contributed by atoms with Crippen LogP contribution in [0.1, 0.15) is 36.7 Å². The Hall–Kier alpha value is -3.29. The molecule has 34 heavy (non-hydrogen) atoms. The van der Waals surface area contributed by atoms with Crippen LogP contribution in [0.4, 0.5) is 14.6 Å². The van der Waals surface area contributed by atoms with E-state index in [4.69, 9.17) is 15.2 Å². The van der Waals surface area contributed by atoms with Crippen LogP contribution >= 0.6 is 0 Å². The molecular formula is C24H26F2N6O2. The quantitative estimate of drug-likeness (QED) is 0.570. The molecule has 2 aliphatic heterocycles. The maximum absolute atomic E-state index is 14.4. The van der Waals surface area contributed by atoms with E-state index in [1.807, 2.05) is 11.8 Å². The molecule has 178 valence electrons. The number of aromatic amines is 1. The fourth-order valence-electron chi connectivity index (χ4n) is 4.82. The first-order valence-electron chi connectivity index (χ1n) is 11.2. The Labute approximate surface area is 195 Å². The van der Waals surface area contributed by atoms with Crippen molar-refractivity contribution in [3.05, 3.63) is 41.0 Å². The summed E-state index contributed by atoms with van der Waals surface area (Å²) in [5.74, 6) is 5.60. The van der Waals surface area contributed by atoms with Gasteiger partial charge in [0.1, 0.15) is 17.9 Å². The van der Waals surface area contributed by atoms with Gasteiger partial charge in [0.05, 0.1) is 25.4 Å². The van der Waals surface area contributed by atoms with Crippen molar-refractivity contribution in [3.8, 4) is 17.6 Å². The number of alkyl halides is 1. The molecule has 10 heteroatoms. The van der Waals surface area contributed by atoms with E-state index in [0.29, 0.717) is 36.7 Å². The maximum atomic E-state index is 14.4. The molecule has 5 rings (SSSR count). The molecule has 2 aliphatic rings. The smallest absolute Gasteiger partial charge is 0.180 e. The molecule has 0 radical (unpaired) electrons. The van der Waals surface area contributed by atoms with Crippen LogP contribution in [0.25, 0.3) is 11.2 Å². The molecule has 2 atom stereocenters. The summed E-state index contributed by atoms with van der Waals surface area (Å²) in [5, 5.41) is 6.99. The predicted octanol–water partition coefficient (Wildman–Crippen LogP) is 2.70. The SMILES string of the molecule is COc1cccc(C#Cc2n[nH]c3nc(N4CCC5(CC4)CO[C@@H](C)[C@H]5N)c(CF)nc23)c1F. The summed E-state index contributed by atoms with van der Waals surface area (Å²) < 4.78 is 39.2. The van der Waals surface area contributed by atoms with Gasteiger partial charge in [-0.3, -0.25) is 5.10 Å². The summed E-state index contributed by atoms with van der Waals surface area (Å²) in [6, 6.07) is 4.70. The zero-order chi connectivity index (χ0) is 23.9. The van der Waals surface area contributed by atoms with Crippen molar-refractivity contribution in [2.45, 2.75) is 38.6 Å². The van der Waals surface area contributed by atoms with Gasteiger partial charge in [0, 0.05) is 24.5 Å². The number of piperidine rings is 1. The normalized spacial score (nSPS) is 21.6. The molecule has 2 saturated heterocycles.